The maximum Gasteiger partial charge on any atom is 0.348 e. The highest BCUT2D eigenvalue weighted by molar-refractivity contribution is 7.89. The Balaban J connectivity index is 2.07. The molecule has 0 saturated heterocycles. The van der Waals surface area contributed by atoms with Gasteiger partial charge in [-0.25, -0.2) is 18.4 Å². The molecule has 0 fully saturated rings. The van der Waals surface area contributed by atoms with Gasteiger partial charge >= 0.3 is 5.97 Å². The van der Waals surface area contributed by atoms with Gasteiger partial charge in [-0.15, -0.1) is 0 Å². The number of carbonyl (C=O) groups excluding carboxylic acids is 1. The zero-order valence-corrected chi connectivity index (χ0v) is 12.6. The number of rotatable bonds is 5. The summed E-state index contributed by atoms with van der Waals surface area (Å²) < 4.78 is 38.1. The molecule has 0 aromatic heterocycles. The summed E-state index contributed by atoms with van der Waals surface area (Å²) >= 11 is 0. The summed E-state index contributed by atoms with van der Waals surface area (Å²) in [5.74, 6) is -0.0448. The molecule has 1 aliphatic heterocycles. The van der Waals surface area contributed by atoms with Crippen molar-refractivity contribution in [2.45, 2.75) is 30.4 Å². The number of carbonyl (C=O) groups is 1. The molecule has 0 radical (unpaired) electrons. The Bertz CT molecular complexity index is 642. The molecule has 2 atom stereocenters. The summed E-state index contributed by atoms with van der Waals surface area (Å²) in [5.41, 5.74) is 0.614. The second-order valence-electron chi connectivity index (χ2n) is 4.83. The third-order valence-electron chi connectivity index (χ3n) is 3.02. The highest BCUT2D eigenvalue weighted by Crippen LogP contribution is 2.31. The second kappa shape index (κ2) is 6.00. The van der Waals surface area contributed by atoms with Crippen LogP contribution in [0, 0.1) is 0 Å². The van der Waals surface area contributed by atoms with Gasteiger partial charge in [0.05, 0.1) is 11.5 Å². The maximum absolute atomic E-state index is 11.9. The standard InChI is InChI=1S/C13H17NO6S/c1-8(7-18-2)19-13(15)12-6-9-5-10(21(14,16)17)3-4-11(9)20-12/h3-5,8,12H,6-7H2,1-2H3,(H2,14,16,17). The summed E-state index contributed by atoms with van der Waals surface area (Å²) in [4.78, 5) is 11.9. The monoisotopic (exact) mass is 315 g/mol. The van der Waals surface area contributed by atoms with E-state index in [0.29, 0.717) is 17.9 Å². The van der Waals surface area contributed by atoms with E-state index in [1.165, 1.54) is 25.3 Å². The van der Waals surface area contributed by atoms with E-state index in [4.69, 9.17) is 19.3 Å². The molecule has 0 saturated carbocycles. The van der Waals surface area contributed by atoms with Crippen molar-refractivity contribution >= 4 is 16.0 Å². The van der Waals surface area contributed by atoms with E-state index < -0.39 is 22.1 Å². The molecule has 21 heavy (non-hydrogen) atoms. The number of fused-ring (bicyclic) bond motifs is 1. The predicted molar refractivity (Wildman–Crippen MR) is 73.4 cm³/mol. The summed E-state index contributed by atoms with van der Waals surface area (Å²) in [6.45, 7) is 2.00. The van der Waals surface area contributed by atoms with Crippen molar-refractivity contribution in [2.24, 2.45) is 5.14 Å². The lowest BCUT2D eigenvalue weighted by atomic mass is 10.1. The van der Waals surface area contributed by atoms with Gasteiger partial charge in [0.25, 0.3) is 0 Å². The Hall–Kier alpha value is -1.64. The van der Waals surface area contributed by atoms with Crippen molar-refractivity contribution in [3.05, 3.63) is 23.8 Å². The van der Waals surface area contributed by atoms with E-state index >= 15 is 0 Å². The Morgan fingerprint density at radius 1 is 1.52 bits per heavy atom. The van der Waals surface area contributed by atoms with Gasteiger partial charge in [0.1, 0.15) is 11.9 Å². The molecule has 0 spiro atoms. The average molecular weight is 315 g/mol. The lowest BCUT2D eigenvalue weighted by molar-refractivity contribution is -0.158. The van der Waals surface area contributed by atoms with E-state index in [0.717, 1.165) is 0 Å². The van der Waals surface area contributed by atoms with Crippen molar-refractivity contribution in [1.82, 2.24) is 0 Å². The summed E-state index contributed by atoms with van der Waals surface area (Å²) in [6.07, 6.45) is -0.915. The first-order chi connectivity index (χ1) is 9.81. The molecule has 1 aromatic carbocycles. The average Bonchev–Trinajstić information content (AvgIpc) is 2.80. The van der Waals surface area contributed by atoms with Crippen molar-refractivity contribution in [3.63, 3.8) is 0 Å². The number of hydrogen-bond donors (Lipinski definition) is 1. The van der Waals surface area contributed by atoms with E-state index in [-0.39, 0.29) is 17.4 Å². The van der Waals surface area contributed by atoms with Crippen LogP contribution < -0.4 is 9.88 Å². The third-order valence-corrected chi connectivity index (χ3v) is 3.93. The van der Waals surface area contributed by atoms with Gasteiger partial charge in [-0.3, -0.25) is 0 Å². The molecule has 2 rings (SSSR count). The molecule has 1 aliphatic rings. The molecule has 1 aromatic rings. The molecular formula is C13H17NO6S. The lowest BCUT2D eigenvalue weighted by Crippen LogP contribution is -2.31. The van der Waals surface area contributed by atoms with Gasteiger partial charge < -0.3 is 14.2 Å². The molecule has 7 nitrogen and oxygen atoms in total. The fourth-order valence-corrected chi connectivity index (χ4v) is 2.64. The molecule has 0 amide bonds. The number of sulfonamides is 1. The number of methoxy groups -OCH3 is 1. The minimum Gasteiger partial charge on any atom is -0.478 e. The molecular weight excluding hydrogens is 298 g/mol. The quantitative estimate of drug-likeness (QED) is 0.779. The number of hydrogen-bond acceptors (Lipinski definition) is 6. The van der Waals surface area contributed by atoms with Gasteiger partial charge in [-0.05, 0) is 30.7 Å². The Morgan fingerprint density at radius 3 is 2.86 bits per heavy atom. The van der Waals surface area contributed by atoms with Crippen LogP contribution in [-0.2, 0) is 30.7 Å². The predicted octanol–water partition coefficient (Wildman–Crippen LogP) is 0.216. The minimum absolute atomic E-state index is 0.00776. The Morgan fingerprint density at radius 2 is 2.24 bits per heavy atom. The first-order valence-electron chi connectivity index (χ1n) is 6.33. The maximum atomic E-state index is 11.9. The smallest absolute Gasteiger partial charge is 0.348 e. The van der Waals surface area contributed by atoms with E-state index in [2.05, 4.69) is 0 Å². The first kappa shape index (κ1) is 15.7. The fourth-order valence-electron chi connectivity index (χ4n) is 2.08. The number of benzene rings is 1. The third kappa shape index (κ3) is 3.72. The zero-order chi connectivity index (χ0) is 15.6. The van der Waals surface area contributed by atoms with Crippen molar-refractivity contribution in [3.8, 4) is 5.75 Å². The highest BCUT2D eigenvalue weighted by atomic mass is 32.2. The molecule has 0 aliphatic carbocycles. The van der Waals surface area contributed by atoms with Crippen LogP contribution in [0.15, 0.2) is 23.1 Å². The van der Waals surface area contributed by atoms with E-state index in [9.17, 15) is 13.2 Å². The first-order valence-corrected chi connectivity index (χ1v) is 7.87. The second-order valence-corrected chi connectivity index (χ2v) is 6.39. The molecule has 0 bridgehead atoms. The van der Waals surface area contributed by atoms with Crippen LogP contribution in [-0.4, -0.2) is 40.3 Å². The normalized spacial score (nSPS) is 18.7. The molecule has 8 heteroatoms. The van der Waals surface area contributed by atoms with E-state index in [1.807, 2.05) is 0 Å². The summed E-state index contributed by atoms with van der Waals surface area (Å²) in [6, 6.07) is 4.24. The summed E-state index contributed by atoms with van der Waals surface area (Å²) in [5, 5.41) is 5.07. The Labute approximate surface area is 123 Å². The van der Waals surface area contributed by atoms with Gasteiger partial charge in [-0.1, -0.05) is 0 Å². The number of ether oxygens (including phenoxy) is 3. The van der Waals surface area contributed by atoms with E-state index in [1.54, 1.807) is 6.92 Å². The van der Waals surface area contributed by atoms with Gasteiger partial charge in [0.15, 0.2) is 6.10 Å². The van der Waals surface area contributed by atoms with Crippen LogP contribution >= 0.6 is 0 Å². The SMILES string of the molecule is COCC(C)OC(=O)C1Cc2cc(S(N)(=O)=O)ccc2O1. The van der Waals surface area contributed by atoms with Crippen LogP contribution in [0.1, 0.15) is 12.5 Å². The van der Waals surface area contributed by atoms with Crippen LogP contribution in [0.4, 0.5) is 0 Å². The minimum atomic E-state index is -3.78. The molecule has 1 heterocycles. The highest BCUT2D eigenvalue weighted by Gasteiger charge is 2.32. The summed E-state index contributed by atoms with van der Waals surface area (Å²) in [7, 11) is -2.26. The van der Waals surface area contributed by atoms with Crippen LogP contribution in [0.25, 0.3) is 0 Å². The number of nitrogens with two attached hydrogens (primary N) is 1. The van der Waals surface area contributed by atoms with Gasteiger partial charge in [0.2, 0.25) is 10.0 Å². The van der Waals surface area contributed by atoms with Crippen LogP contribution in [0.3, 0.4) is 0 Å². The lowest BCUT2D eigenvalue weighted by Gasteiger charge is -2.15. The number of esters is 1. The van der Waals surface area contributed by atoms with Crippen molar-refractivity contribution in [2.75, 3.05) is 13.7 Å². The zero-order valence-electron chi connectivity index (χ0n) is 11.7. The van der Waals surface area contributed by atoms with Crippen LogP contribution in [0.2, 0.25) is 0 Å². The van der Waals surface area contributed by atoms with Crippen molar-refractivity contribution in [1.29, 1.82) is 0 Å². The largest absolute Gasteiger partial charge is 0.478 e. The van der Waals surface area contributed by atoms with Gasteiger partial charge in [0, 0.05) is 13.5 Å². The van der Waals surface area contributed by atoms with Crippen molar-refractivity contribution < 1.29 is 27.4 Å². The molecule has 2 N–H and O–H groups in total. The van der Waals surface area contributed by atoms with Crippen LogP contribution in [0.5, 0.6) is 5.75 Å². The topological polar surface area (TPSA) is 105 Å². The molecule has 116 valence electrons. The number of primary sulfonamides is 1. The fraction of sp³-hybridized carbons (Fsp3) is 0.462. The van der Waals surface area contributed by atoms with Gasteiger partial charge in [-0.2, -0.15) is 0 Å². The molecule has 2 unspecified atom stereocenters. The Kier molecular flexibility index (Phi) is 4.50.